The molecule has 0 aliphatic heterocycles. The molecule has 0 spiro atoms. The van der Waals surface area contributed by atoms with Gasteiger partial charge in [-0.1, -0.05) is 141 Å². The fourth-order valence-corrected chi connectivity index (χ4v) is 13.8. The highest BCUT2D eigenvalue weighted by Crippen LogP contribution is 2.35. The van der Waals surface area contributed by atoms with Gasteiger partial charge >= 0.3 is 0 Å². The maximum atomic E-state index is 4.72. The Kier molecular flexibility index (Phi) is 23.0. The van der Waals surface area contributed by atoms with Crippen LogP contribution in [0.2, 0.25) is 0 Å². The van der Waals surface area contributed by atoms with Gasteiger partial charge in [0.05, 0.1) is 31.6 Å². The Balaban J connectivity index is 0.000000197. The molecular formula is C72H88N6S4+2. The van der Waals surface area contributed by atoms with Crippen LogP contribution in [-0.2, 0) is 14.1 Å². The summed E-state index contributed by atoms with van der Waals surface area (Å²) in [5.74, 6) is 1.16. The normalized spacial score (nSPS) is 10.6. The van der Waals surface area contributed by atoms with Crippen molar-refractivity contribution in [3.05, 3.63) is 203 Å². The molecule has 0 bridgehead atoms. The fourth-order valence-electron chi connectivity index (χ4n) is 9.17. The van der Waals surface area contributed by atoms with E-state index in [4.69, 9.17) is 9.97 Å². The highest BCUT2D eigenvalue weighted by Gasteiger charge is 2.20. The SMILES string of the molecule is C.C.C.C.Cc1ccc2c(c1)sc(-c1ccc(C(C)C)cc1)[n+]2C.Cc1ccc2c(c1)sc(-c1ccc(N(C)C)cc1)[n+]2C.Cc1ccc2nc(-c3ccc(C(C)C)cc3)sc2c1.Cc1ccc2nc(-c3ccc(N(C)C)cc3)sc2c1. The van der Waals surface area contributed by atoms with E-state index >= 15 is 0 Å². The second-order valence-electron chi connectivity index (χ2n) is 21.3. The summed E-state index contributed by atoms with van der Waals surface area (Å²) in [7, 11) is 12.5. The van der Waals surface area contributed by atoms with E-state index in [1.54, 1.807) is 22.7 Å². The minimum absolute atomic E-state index is 0. The summed E-state index contributed by atoms with van der Waals surface area (Å²) >= 11 is 7.24. The van der Waals surface area contributed by atoms with Gasteiger partial charge in [-0.15, -0.1) is 22.7 Å². The number of anilines is 2. The molecule has 0 radical (unpaired) electrons. The monoisotopic (exact) mass is 1160 g/mol. The van der Waals surface area contributed by atoms with Crippen LogP contribution >= 0.6 is 45.3 Å². The van der Waals surface area contributed by atoms with Crippen molar-refractivity contribution in [2.75, 3.05) is 38.0 Å². The number of aromatic nitrogens is 4. The van der Waals surface area contributed by atoms with E-state index in [-0.39, 0.29) is 29.7 Å². The van der Waals surface area contributed by atoms with Gasteiger partial charge in [0.15, 0.2) is 0 Å². The second kappa shape index (κ2) is 28.8. The summed E-state index contributed by atoms with van der Waals surface area (Å²) in [4.78, 5) is 13.6. The van der Waals surface area contributed by atoms with Crippen LogP contribution in [-0.4, -0.2) is 38.2 Å². The van der Waals surface area contributed by atoms with Gasteiger partial charge in [-0.25, -0.2) is 9.97 Å². The third kappa shape index (κ3) is 15.3. The van der Waals surface area contributed by atoms with Gasteiger partial charge in [-0.05, 0) is 170 Å². The maximum Gasteiger partial charge on any atom is 0.269 e. The zero-order valence-electron chi connectivity index (χ0n) is 47.6. The van der Waals surface area contributed by atoms with Crippen LogP contribution in [0.15, 0.2) is 170 Å². The Morgan fingerprint density at radius 2 is 0.646 bits per heavy atom. The largest absolute Gasteiger partial charge is 0.378 e. The second-order valence-corrected chi connectivity index (χ2v) is 25.4. The van der Waals surface area contributed by atoms with Gasteiger partial charge < -0.3 is 9.80 Å². The summed E-state index contributed by atoms with van der Waals surface area (Å²) < 4.78 is 9.80. The molecule has 6 nitrogen and oxygen atoms in total. The average Bonchev–Trinajstić information content (AvgIpc) is 4.35. The highest BCUT2D eigenvalue weighted by atomic mass is 32.1. The molecule has 82 heavy (non-hydrogen) atoms. The zero-order valence-corrected chi connectivity index (χ0v) is 50.9. The molecule has 0 N–H and O–H groups in total. The number of benzene rings is 8. The predicted molar refractivity (Wildman–Crippen MR) is 370 cm³/mol. The van der Waals surface area contributed by atoms with Gasteiger partial charge in [0.25, 0.3) is 10.0 Å². The Labute approximate surface area is 507 Å². The van der Waals surface area contributed by atoms with Crippen LogP contribution in [0.1, 0.15) is 103 Å². The zero-order chi connectivity index (χ0) is 55.4. The predicted octanol–water partition coefficient (Wildman–Crippen LogP) is 20.9. The van der Waals surface area contributed by atoms with Crippen LogP contribution in [0.4, 0.5) is 11.4 Å². The summed E-state index contributed by atoms with van der Waals surface area (Å²) in [6.07, 6.45) is 0. The molecule has 0 aliphatic carbocycles. The van der Waals surface area contributed by atoms with Crippen LogP contribution in [0.5, 0.6) is 0 Å². The highest BCUT2D eigenvalue weighted by molar-refractivity contribution is 7.22. The molecule has 0 atom stereocenters. The van der Waals surface area contributed by atoms with E-state index in [2.05, 4.69) is 286 Å². The maximum absolute atomic E-state index is 4.72. The first-order valence-electron chi connectivity index (χ1n) is 26.7. The topological polar surface area (TPSA) is 40.0 Å². The van der Waals surface area contributed by atoms with E-state index in [9.17, 15) is 0 Å². The summed E-state index contributed by atoms with van der Waals surface area (Å²) in [6.45, 7) is 17.4. The minimum Gasteiger partial charge on any atom is -0.378 e. The summed E-state index contributed by atoms with van der Waals surface area (Å²) in [6, 6.07) is 61.2. The molecule has 12 aromatic rings. The lowest BCUT2D eigenvalue weighted by atomic mass is 10.0. The van der Waals surface area contributed by atoms with E-state index in [0.29, 0.717) is 11.8 Å². The van der Waals surface area contributed by atoms with Crippen molar-refractivity contribution >= 4 is 97.6 Å². The fraction of sp³-hybridized carbons (Fsp3) is 0.278. The number of hydrogen-bond donors (Lipinski definition) is 0. The molecule has 0 amide bonds. The first kappa shape index (κ1) is 65.7. The number of thiazole rings is 4. The van der Waals surface area contributed by atoms with Gasteiger partial charge in [0.1, 0.15) is 33.5 Å². The standard InChI is InChI=1S/C18H20NS.C17H19N2S.C17H17NS.C16H16N2S.4CH4/c1-12(2)14-6-8-15(9-7-14)18-19(4)16-10-5-13(3)11-17(16)20-18;1-12-5-10-15-16(11-12)20-17(19(15)4)13-6-8-14(9-7-13)18(2)3;1-11(2)13-5-7-14(8-6-13)17-18-15-9-4-12(3)10-16(15)19-17;1-11-4-9-14-15(10-11)19-16(17-14)12-5-7-13(8-6-12)18(2)3;;;;/h5-12H,1-4H3;5-11H,1-4H3;4-11H,1-3H3;4-10H,1-3H3;4*1H4/q2*+1;;;;;;. The quantitative estimate of drug-likeness (QED) is 0.142. The third-order valence-electron chi connectivity index (χ3n) is 14.0. The van der Waals surface area contributed by atoms with Crippen LogP contribution in [0.3, 0.4) is 0 Å². The van der Waals surface area contributed by atoms with Crippen LogP contribution in [0, 0.1) is 27.7 Å². The molecule has 428 valence electrons. The molecular weight excluding hydrogens is 1080 g/mol. The lowest BCUT2D eigenvalue weighted by Gasteiger charge is -2.11. The van der Waals surface area contributed by atoms with Crippen LogP contribution in [0.25, 0.3) is 83.2 Å². The molecule has 4 heterocycles. The average molecular weight is 1170 g/mol. The number of nitrogens with zero attached hydrogens (tertiary/aromatic N) is 6. The first-order chi connectivity index (χ1) is 37.4. The van der Waals surface area contributed by atoms with Gasteiger partial charge in [0.2, 0.25) is 11.0 Å². The van der Waals surface area contributed by atoms with Gasteiger partial charge in [-0.3, -0.25) is 0 Å². The van der Waals surface area contributed by atoms with Crippen molar-refractivity contribution in [2.24, 2.45) is 14.1 Å². The van der Waals surface area contributed by atoms with E-state index in [1.807, 2.05) is 22.7 Å². The Bertz CT molecular complexity index is 3710. The van der Waals surface area contributed by atoms with E-state index < -0.39 is 0 Å². The Morgan fingerprint density at radius 3 is 0.976 bits per heavy atom. The van der Waals surface area contributed by atoms with Crippen molar-refractivity contribution in [3.63, 3.8) is 0 Å². The molecule has 0 saturated carbocycles. The summed E-state index contributed by atoms with van der Waals surface area (Å²) in [5, 5.41) is 4.82. The number of hydrogen-bond acceptors (Lipinski definition) is 8. The lowest BCUT2D eigenvalue weighted by molar-refractivity contribution is -0.629. The van der Waals surface area contributed by atoms with Crippen molar-refractivity contribution < 1.29 is 9.13 Å². The van der Waals surface area contributed by atoms with Gasteiger partial charge in [0, 0.05) is 62.8 Å². The Hall–Kier alpha value is -7.08. The van der Waals surface area contributed by atoms with Crippen molar-refractivity contribution in [1.29, 1.82) is 0 Å². The van der Waals surface area contributed by atoms with E-state index in [1.165, 1.54) is 107 Å². The number of fused-ring (bicyclic) bond motifs is 4. The van der Waals surface area contributed by atoms with Crippen molar-refractivity contribution in [3.8, 4) is 42.3 Å². The van der Waals surface area contributed by atoms with Crippen molar-refractivity contribution in [2.45, 2.75) is 96.9 Å². The minimum atomic E-state index is 0. The Morgan fingerprint density at radius 1 is 0.354 bits per heavy atom. The third-order valence-corrected chi connectivity index (χ3v) is 18.6. The number of rotatable bonds is 8. The molecule has 0 saturated heterocycles. The molecule has 0 aliphatic rings. The molecule has 12 rings (SSSR count). The number of aryl methyl sites for hydroxylation is 6. The van der Waals surface area contributed by atoms with E-state index in [0.717, 1.165) is 21.0 Å². The molecule has 0 fully saturated rings. The molecule has 0 unspecified atom stereocenters. The first-order valence-corrected chi connectivity index (χ1v) is 29.9. The van der Waals surface area contributed by atoms with Crippen LogP contribution < -0.4 is 18.9 Å². The van der Waals surface area contributed by atoms with Gasteiger partial charge in [-0.2, -0.15) is 9.13 Å². The smallest absolute Gasteiger partial charge is 0.269 e. The van der Waals surface area contributed by atoms with Crippen molar-refractivity contribution in [1.82, 2.24) is 9.97 Å². The lowest BCUT2D eigenvalue weighted by Crippen LogP contribution is -2.28. The molecule has 10 heteroatoms. The molecule has 8 aromatic carbocycles. The summed E-state index contributed by atoms with van der Waals surface area (Å²) in [5.41, 5.74) is 20.2. The molecule has 4 aromatic heterocycles.